The van der Waals surface area contributed by atoms with E-state index in [2.05, 4.69) is 5.73 Å². The quantitative estimate of drug-likeness (QED) is 0.431. The predicted octanol–water partition coefficient (Wildman–Crippen LogP) is 2.81. The highest BCUT2D eigenvalue weighted by atomic mass is 14.2. The molecule has 0 amide bonds. The van der Waals surface area contributed by atoms with E-state index >= 15 is 0 Å². The molecule has 2 aliphatic rings. The van der Waals surface area contributed by atoms with Gasteiger partial charge in [0.2, 0.25) is 0 Å². The maximum Gasteiger partial charge on any atom is -0.0241 e. The summed E-state index contributed by atoms with van der Waals surface area (Å²) in [6.07, 6.45) is 8.17. The summed E-state index contributed by atoms with van der Waals surface area (Å²) in [7, 11) is 0. The van der Waals surface area contributed by atoms with Crippen LogP contribution in [0.15, 0.2) is 16.9 Å². The van der Waals surface area contributed by atoms with Gasteiger partial charge in [-0.1, -0.05) is 0 Å². The molecular formula is C9H12. The van der Waals surface area contributed by atoms with Gasteiger partial charge in [0.25, 0.3) is 0 Å². The molecule has 0 saturated heterocycles. The lowest BCUT2D eigenvalue weighted by Gasteiger charge is -2.17. The van der Waals surface area contributed by atoms with Crippen molar-refractivity contribution >= 4 is 0 Å². The lowest BCUT2D eigenvalue weighted by Crippen LogP contribution is -1.99. The van der Waals surface area contributed by atoms with Gasteiger partial charge in [0, 0.05) is 0 Å². The summed E-state index contributed by atoms with van der Waals surface area (Å²) in [4.78, 5) is 0. The largest absolute Gasteiger partial charge is 0.123 e. The minimum atomic E-state index is 1.34. The molecule has 2 saturated carbocycles. The molecule has 0 aromatic carbocycles. The third-order valence-electron chi connectivity index (χ3n) is 2.27. The van der Waals surface area contributed by atoms with Crippen LogP contribution in [0.25, 0.3) is 0 Å². The molecule has 2 fully saturated rings. The van der Waals surface area contributed by atoms with Crippen LogP contribution in [0.5, 0.6) is 0 Å². The summed E-state index contributed by atoms with van der Waals surface area (Å²) in [5, 5.41) is 0. The van der Waals surface area contributed by atoms with Gasteiger partial charge in [0.05, 0.1) is 0 Å². The van der Waals surface area contributed by atoms with Crippen LogP contribution in [0, 0.1) is 0 Å². The molecule has 0 N–H and O–H groups in total. The van der Waals surface area contributed by atoms with Crippen LogP contribution < -0.4 is 0 Å². The van der Waals surface area contributed by atoms with E-state index in [4.69, 9.17) is 0 Å². The molecular weight excluding hydrogens is 108 g/mol. The fourth-order valence-corrected chi connectivity index (χ4v) is 1.21. The molecule has 48 valence electrons. The normalized spacial score (nSPS) is 24.4. The third kappa shape index (κ3) is 0.951. The lowest BCUT2D eigenvalue weighted by atomic mass is 9.88. The Balaban J connectivity index is 2.12. The minimum absolute atomic E-state index is 1.34. The Kier molecular flexibility index (Phi) is 1.20. The Labute approximate surface area is 56.3 Å². The summed E-state index contributed by atoms with van der Waals surface area (Å²) in [5.74, 6) is 0. The standard InChI is InChI=1S/C9H12/c1-3-8(4-1)7-9-5-2-6-9/h1-6H2. The van der Waals surface area contributed by atoms with Crippen LogP contribution in [0.1, 0.15) is 38.5 Å². The zero-order chi connectivity index (χ0) is 6.10. The average Bonchev–Trinajstić information content (AvgIpc) is 1.57. The van der Waals surface area contributed by atoms with Crippen molar-refractivity contribution < 1.29 is 0 Å². The molecule has 9 heavy (non-hydrogen) atoms. The first-order valence-corrected chi connectivity index (χ1v) is 3.91. The molecule has 0 atom stereocenters. The highest BCUT2D eigenvalue weighted by Crippen LogP contribution is 2.29. The summed E-state index contributed by atoms with van der Waals surface area (Å²) in [6, 6.07) is 0. The van der Waals surface area contributed by atoms with Crippen LogP contribution in [0.2, 0.25) is 0 Å². The van der Waals surface area contributed by atoms with E-state index in [0.717, 1.165) is 0 Å². The molecule has 0 unspecified atom stereocenters. The van der Waals surface area contributed by atoms with E-state index in [0.29, 0.717) is 0 Å². The second-order valence-corrected chi connectivity index (χ2v) is 3.04. The summed E-state index contributed by atoms with van der Waals surface area (Å²) >= 11 is 0. The van der Waals surface area contributed by atoms with Crippen LogP contribution in [0.3, 0.4) is 0 Å². The van der Waals surface area contributed by atoms with Gasteiger partial charge in [-0.15, -0.1) is 5.73 Å². The third-order valence-corrected chi connectivity index (χ3v) is 2.27. The molecule has 2 rings (SSSR count). The summed E-state index contributed by atoms with van der Waals surface area (Å²) in [6.45, 7) is 0. The Bertz CT molecular complexity index is 150. The monoisotopic (exact) mass is 120 g/mol. The Morgan fingerprint density at radius 2 is 1.22 bits per heavy atom. The molecule has 0 nitrogen and oxygen atoms in total. The zero-order valence-corrected chi connectivity index (χ0v) is 5.74. The minimum Gasteiger partial charge on any atom is -0.123 e. The van der Waals surface area contributed by atoms with E-state index in [9.17, 15) is 0 Å². The second-order valence-electron chi connectivity index (χ2n) is 3.04. The first-order chi connectivity index (χ1) is 4.45. The first-order valence-electron chi connectivity index (χ1n) is 3.91. The highest BCUT2D eigenvalue weighted by molar-refractivity contribution is 5.17. The van der Waals surface area contributed by atoms with E-state index in [1.54, 1.807) is 11.1 Å². The Morgan fingerprint density at radius 3 is 1.44 bits per heavy atom. The summed E-state index contributed by atoms with van der Waals surface area (Å²) < 4.78 is 0. The van der Waals surface area contributed by atoms with Crippen molar-refractivity contribution in [3.63, 3.8) is 0 Å². The van der Waals surface area contributed by atoms with Gasteiger partial charge in [-0.3, -0.25) is 0 Å². The van der Waals surface area contributed by atoms with E-state index in [-0.39, 0.29) is 0 Å². The Morgan fingerprint density at radius 1 is 0.778 bits per heavy atom. The van der Waals surface area contributed by atoms with Crippen molar-refractivity contribution in [3.8, 4) is 0 Å². The topological polar surface area (TPSA) is 0 Å². The van der Waals surface area contributed by atoms with Gasteiger partial charge >= 0.3 is 0 Å². The average molecular weight is 120 g/mol. The van der Waals surface area contributed by atoms with Crippen molar-refractivity contribution in [3.05, 3.63) is 16.9 Å². The predicted molar refractivity (Wildman–Crippen MR) is 38.2 cm³/mol. The molecule has 0 radical (unpaired) electrons. The molecule has 0 aromatic heterocycles. The molecule has 0 bridgehead atoms. The van der Waals surface area contributed by atoms with Gasteiger partial charge in [0.15, 0.2) is 0 Å². The molecule has 0 aromatic rings. The molecule has 2 aliphatic carbocycles. The van der Waals surface area contributed by atoms with Crippen LogP contribution in [-0.2, 0) is 0 Å². The van der Waals surface area contributed by atoms with E-state index in [1.807, 2.05) is 0 Å². The number of allylic oxidation sites excluding steroid dienone is 1. The van der Waals surface area contributed by atoms with Gasteiger partial charge in [0.1, 0.15) is 0 Å². The van der Waals surface area contributed by atoms with Crippen molar-refractivity contribution in [1.29, 1.82) is 0 Å². The SMILES string of the molecule is C(=C1CCC1)=C1CCC1. The summed E-state index contributed by atoms with van der Waals surface area (Å²) in [5.41, 5.74) is 6.66. The molecule has 0 heteroatoms. The van der Waals surface area contributed by atoms with Gasteiger partial charge in [-0.2, -0.15) is 0 Å². The highest BCUT2D eigenvalue weighted by Gasteiger charge is 2.11. The molecule has 0 heterocycles. The first kappa shape index (κ1) is 5.32. The zero-order valence-electron chi connectivity index (χ0n) is 5.74. The van der Waals surface area contributed by atoms with Crippen LogP contribution in [0.4, 0.5) is 0 Å². The number of hydrogen-bond donors (Lipinski definition) is 0. The molecule has 0 spiro atoms. The fourth-order valence-electron chi connectivity index (χ4n) is 1.21. The number of hydrogen-bond acceptors (Lipinski definition) is 0. The van der Waals surface area contributed by atoms with Crippen molar-refractivity contribution in [2.45, 2.75) is 38.5 Å². The maximum atomic E-state index is 3.49. The van der Waals surface area contributed by atoms with Gasteiger partial charge < -0.3 is 0 Å². The lowest BCUT2D eigenvalue weighted by molar-refractivity contribution is 0.640. The maximum absolute atomic E-state index is 3.49. The van der Waals surface area contributed by atoms with Gasteiger partial charge in [-0.25, -0.2) is 0 Å². The molecule has 0 aliphatic heterocycles. The fraction of sp³-hybridized carbons (Fsp3) is 0.667. The number of rotatable bonds is 0. The van der Waals surface area contributed by atoms with Crippen molar-refractivity contribution in [2.75, 3.05) is 0 Å². The van der Waals surface area contributed by atoms with Crippen molar-refractivity contribution in [1.82, 2.24) is 0 Å². The van der Waals surface area contributed by atoms with E-state index < -0.39 is 0 Å². The van der Waals surface area contributed by atoms with Gasteiger partial charge in [-0.05, 0) is 49.7 Å². The Hall–Kier alpha value is -0.480. The van der Waals surface area contributed by atoms with Crippen LogP contribution in [-0.4, -0.2) is 0 Å². The second kappa shape index (κ2) is 2.04. The van der Waals surface area contributed by atoms with Crippen LogP contribution >= 0.6 is 0 Å². The smallest absolute Gasteiger partial charge is 0.0241 e. The van der Waals surface area contributed by atoms with E-state index in [1.165, 1.54) is 38.5 Å². The van der Waals surface area contributed by atoms with Crippen molar-refractivity contribution in [2.24, 2.45) is 0 Å².